The summed E-state index contributed by atoms with van der Waals surface area (Å²) in [7, 11) is 3.10. The van der Waals surface area contributed by atoms with Crippen LogP contribution < -0.4 is 10.6 Å². The van der Waals surface area contributed by atoms with Gasteiger partial charge >= 0.3 is 0 Å². The molecule has 1 aromatic heterocycles. The maximum Gasteiger partial charge on any atom is 0.273 e. The maximum absolute atomic E-state index is 11.2. The first-order chi connectivity index (χ1) is 6.19. The van der Waals surface area contributed by atoms with Gasteiger partial charge in [0.1, 0.15) is 0 Å². The molecule has 0 saturated carbocycles. The number of aromatic hydroxyl groups is 1. The van der Waals surface area contributed by atoms with Crippen LogP contribution in [-0.2, 0) is 0 Å². The lowest BCUT2D eigenvalue weighted by Gasteiger charge is -2.04. The molecule has 1 rings (SSSR count). The smallest absolute Gasteiger partial charge is 0.273 e. The third-order valence-electron chi connectivity index (χ3n) is 1.44. The van der Waals surface area contributed by atoms with Gasteiger partial charge in [-0.2, -0.15) is 0 Å². The number of aromatic nitrogens is 2. The van der Waals surface area contributed by atoms with Gasteiger partial charge in [-0.15, -0.1) is 0 Å². The number of carbonyl (C=O) groups is 1. The van der Waals surface area contributed by atoms with Gasteiger partial charge in [0.2, 0.25) is 5.88 Å². The third kappa shape index (κ3) is 1.84. The van der Waals surface area contributed by atoms with Crippen LogP contribution in [0.4, 0.5) is 5.82 Å². The van der Waals surface area contributed by atoms with Gasteiger partial charge in [0.15, 0.2) is 11.5 Å². The van der Waals surface area contributed by atoms with Gasteiger partial charge in [0.25, 0.3) is 5.91 Å². The number of carbonyl (C=O) groups excluding carboxylic acids is 1. The van der Waals surface area contributed by atoms with Crippen molar-refractivity contribution in [3.63, 3.8) is 0 Å². The Labute approximate surface area is 75.0 Å². The molecule has 0 aliphatic rings. The molecule has 0 aliphatic carbocycles. The molecule has 0 spiro atoms. The molecule has 1 amide bonds. The molecule has 0 aliphatic heterocycles. The third-order valence-corrected chi connectivity index (χ3v) is 1.44. The van der Waals surface area contributed by atoms with Gasteiger partial charge in [0, 0.05) is 14.1 Å². The van der Waals surface area contributed by atoms with Crippen LogP contribution in [0.3, 0.4) is 0 Å². The lowest BCUT2D eigenvalue weighted by molar-refractivity contribution is 0.0957. The quantitative estimate of drug-likeness (QED) is 0.578. The van der Waals surface area contributed by atoms with Gasteiger partial charge in [-0.25, -0.2) is 9.97 Å². The molecule has 0 radical (unpaired) electrons. The summed E-state index contributed by atoms with van der Waals surface area (Å²) in [5.41, 5.74) is 0.0741. The molecule has 0 aromatic carbocycles. The van der Waals surface area contributed by atoms with Gasteiger partial charge in [-0.3, -0.25) is 4.79 Å². The zero-order chi connectivity index (χ0) is 9.84. The summed E-state index contributed by atoms with van der Waals surface area (Å²) in [5, 5.41) is 14.1. The molecule has 70 valence electrons. The van der Waals surface area contributed by atoms with Crippen molar-refractivity contribution in [2.45, 2.75) is 0 Å². The molecular formula is C7H10N4O2. The van der Waals surface area contributed by atoms with Crippen molar-refractivity contribution < 1.29 is 9.90 Å². The molecule has 1 aromatic rings. The Morgan fingerprint density at radius 2 is 2.23 bits per heavy atom. The van der Waals surface area contributed by atoms with E-state index in [2.05, 4.69) is 20.6 Å². The average Bonchev–Trinajstić information content (AvgIpc) is 2.16. The Hall–Kier alpha value is -1.85. The van der Waals surface area contributed by atoms with Crippen molar-refractivity contribution in [1.82, 2.24) is 15.3 Å². The monoisotopic (exact) mass is 182 g/mol. The number of amides is 1. The summed E-state index contributed by atoms with van der Waals surface area (Å²) < 4.78 is 0. The van der Waals surface area contributed by atoms with Crippen LogP contribution in [0.25, 0.3) is 0 Å². The van der Waals surface area contributed by atoms with Crippen molar-refractivity contribution in [1.29, 1.82) is 0 Å². The summed E-state index contributed by atoms with van der Waals surface area (Å²) in [6, 6.07) is 0. The second-order valence-corrected chi connectivity index (χ2v) is 2.25. The van der Waals surface area contributed by atoms with Crippen LogP contribution in [-0.4, -0.2) is 35.1 Å². The highest BCUT2D eigenvalue weighted by molar-refractivity contribution is 5.96. The van der Waals surface area contributed by atoms with Crippen molar-refractivity contribution in [3.8, 4) is 5.88 Å². The lowest BCUT2D eigenvalue weighted by atomic mass is 10.4. The van der Waals surface area contributed by atoms with Crippen LogP contribution in [0.1, 0.15) is 10.5 Å². The van der Waals surface area contributed by atoms with E-state index in [1.54, 1.807) is 7.05 Å². The van der Waals surface area contributed by atoms with Crippen LogP contribution in [0.15, 0.2) is 6.20 Å². The highest BCUT2D eigenvalue weighted by Crippen LogP contribution is 2.11. The number of rotatable bonds is 2. The van der Waals surface area contributed by atoms with E-state index in [0.717, 1.165) is 6.20 Å². The average molecular weight is 182 g/mol. The zero-order valence-corrected chi connectivity index (χ0v) is 7.33. The van der Waals surface area contributed by atoms with Gasteiger partial charge < -0.3 is 15.7 Å². The number of nitrogens with zero attached hydrogens (tertiary/aromatic N) is 2. The first-order valence-corrected chi connectivity index (χ1v) is 3.65. The normalized spacial score (nSPS) is 9.38. The summed E-state index contributed by atoms with van der Waals surface area (Å²) in [6.07, 6.45) is 1.16. The van der Waals surface area contributed by atoms with Crippen LogP contribution in [0.2, 0.25) is 0 Å². The Bertz CT molecular complexity index is 326. The van der Waals surface area contributed by atoms with E-state index in [0.29, 0.717) is 5.82 Å². The van der Waals surface area contributed by atoms with Crippen molar-refractivity contribution in [2.24, 2.45) is 0 Å². The van der Waals surface area contributed by atoms with E-state index >= 15 is 0 Å². The summed E-state index contributed by atoms with van der Waals surface area (Å²) in [4.78, 5) is 18.6. The summed E-state index contributed by atoms with van der Waals surface area (Å²) >= 11 is 0. The molecule has 0 saturated heterocycles. The van der Waals surface area contributed by atoms with Crippen LogP contribution in [0.5, 0.6) is 5.88 Å². The van der Waals surface area contributed by atoms with Gasteiger partial charge in [-0.1, -0.05) is 0 Å². The minimum atomic E-state index is -0.396. The minimum Gasteiger partial charge on any atom is -0.492 e. The first-order valence-electron chi connectivity index (χ1n) is 3.65. The number of nitrogens with one attached hydrogen (secondary N) is 2. The SMILES string of the molecule is CNC(=O)c1nc(O)cnc1NC. The van der Waals surface area contributed by atoms with Gasteiger partial charge in [-0.05, 0) is 0 Å². The summed E-state index contributed by atoms with van der Waals surface area (Å²) in [6.45, 7) is 0. The molecule has 13 heavy (non-hydrogen) atoms. The maximum atomic E-state index is 11.2. The molecule has 6 nitrogen and oxygen atoms in total. The molecule has 0 unspecified atom stereocenters. The number of hydrogen-bond acceptors (Lipinski definition) is 5. The fraction of sp³-hybridized carbons (Fsp3) is 0.286. The minimum absolute atomic E-state index is 0.0741. The highest BCUT2D eigenvalue weighted by atomic mass is 16.3. The second kappa shape index (κ2) is 3.70. The zero-order valence-electron chi connectivity index (χ0n) is 7.33. The van der Waals surface area contributed by atoms with Crippen molar-refractivity contribution >= 4 is 11.7 Å². The van der Waals surface area contributed by atoms with Gasteiger partial charge in [0.05, 0.1) is 6.20 Å². The Morgan fingerprint density at radius 3 is 2.77 bits per heavy atom. The fourth-order valence-electron chi connectivity index (χ4n) is 0.839. The predicted molar refractivity (Wildman–Crippen MR) is 46.6 cm³/mol. The van der Waals surface area contributed by atoms with E-state index < -0.39 is 5.91 Å². The Morgan fingerprint density at radius 1 is 1.54 bits per heavy atom. The highest BCUT2D eigenvalue weighted by Gasteiger charge is 2.12. The lowest BCUT2D eigenvalue weighted by Crippen LogP contribution is -2.21. The predicted octanol–water partition coefficient (Wildman–Crippen LogP) is -0.417. The molecular weight excluding hydrogens is 172 g/mol. The van der Waals surface area contributed by atoms with Crippen molar-refractivity contribution in [3.05, 3.63) is 11.9 Å². The topological polar surface area (TPSA) is 87.1 Å². The molecule has 6 heteroatoms. The molecule has 1 heterocycles. The van der Waals surface area contributed by atoms with E-state index in [1.165, 1.54) is 7.05 Å². The first kappa shape index (κ1) is 9.24. The molecule has 0 bridgehead atoms. The fourth-order valence-corrected chi connectivity index (χ4v) is 0.839. The van der Waals surface area contributed by atoms with E-state index in [-0.39, 0.29) is 11.6 Å². The Balaban J connectivity index is 3.15. The molecule has 0 fully saturated rings. The summed E-state index contributed by atoms with van der Waals surface area (Å²) in [5.74, 6) is -0.345. The number of anilines is 1. The van der Waals surface area contributed by atoms with Crippen molar-refractivity contribution in [2.75, 3.05) is 19.4 Å². The van der Waals surface area contributed by atoms with E-state index in [4.69, 9.17) is 5.11 Å². The Kier molecular flexibility index (Phi) is 2.63. The standard InChI is InChI=1S/C7H10N4O2/c1-8-6-5(7(13)9-2)11-4(12)3-10-6/h3H,1-2H3,(H,8,10)(H,9,13)(H,11,12). The van der Waals surface area contributed by atoms with E-state index in [1.807, 2.05) is 0 Å². The van der Waals surface area contributed by atoms with Crippen LogP contribution >= 0.6 is 0 Å². The second-order valence-electron chi connectivity index (χ2n) is 2.25. The van der Waals surface area contributed by atoms with Crippen LogP contribution in [0, 0.1) is 0 Å². The largest absolute Gasteiger partial charge is 0.492 e. The molecule has 3 N–H and O–H groups in total. The number of hydrogen-bond donors (Lipinski definition) is 3. The molecule has 0 atom stereocenters. The van der Waals surface area contributed by atoms with E-state index in [9.17, 15) is 4.79 Å².